The Morgan fingerprint density at radius 2 is 1.94 bits per heavy atom. The highest BCUT2D eigenvalue weighted by atomic mass is 79.9. The quantitative estimate of drug-likeness (QED) is 0.680. The fourth-order valence-corrected chi connectivity index (χ4v) is 3.09. The van der Waals surface area contributed by atoms with Crippen molar-refractivity contribution in [2.75, 3.05) is 11.9 Å². The van der Waals surface area contributed by atoms with Crippen molar-refractivity contribution in [1.82, 2.24) is 4.90 Å². The summed E-state index contributed by atoms with van der Waals surface area (Å²) < 4.78 is 0. The molecule has 0 aromatic heterocycles. The number of halogens is 1. The summed E-state index contributed by atoms with van der Waals surface area (Å²) in [4.78, 5) is 14.1. The SMILES string of the molecule is CC(C)N(CCBr)C(=O)CCC1CCCCC1. The van der Waals surface area contributed by atoms with Gasteiger partial charge >= 0.3 is 0 Å². The molecule has 0 spiro atoms. The molecule has 1 saturated carbocycles. The molecular formula is C14H26BrNO. The average Bonchev–Trinajstić information content (AvgIpc) is 2.34. The van der Waals surface area contributed by atoms with Gasteiger partial charge in [0.05, 0.1) is 0 Å². The molecule has 0 aromatic carbocycles. The first-order valence-corrected chi connectivity index (χ1v) is 8.12. The van der Waals surface area contributed by atoms with E-state index in [0.717, 1.165) is 30.6 Å². The van der Waals surface area contributed by atoms with Gasteiger partial charge in [-0.15, -0.1) is 0 Å². The van der Waals surface area contributed by atoms with Gasteiger partial charge < -0.3 is 4.90 Å². The third kappa shape index (κ3) is 5.41. The summed E-state index contributed by atoms with van der Waals surface area (Å²) in [5.41, 5.74) is 0. The predicted octanol–water partition coefficient (Wildman–Crippen LogP) is 3.98. The lowest BCUT2D eigenvalue weighted by atomic mass is 9.86. The van der Waals surface area contributed by atoms with Crippen LogP contribution < -0.4 is 0 Å². The van der Waals surface area contributed by atoms with Gasteiger partial charge in [0.25, 0.3) is 0 Å². The summed E-state index contributed by atoms with van der Waals surface area (Å²) in [5, 5.41) is 0.875. The van der Waals surface area contributed by atoms with Crippen molar-refractivity contribution < 1.29 is 4.79 Å². The van der Waals surface area contributed by atoms with Crippen molar-refractivity contribution in [3.05, 3.63) is 0 Å². The molecule has 2 nitrogen and oxygen atoms in total. The Kier molecular flexibility index (Phi) is 7.17. The number of hydrogen-bond donors (Lipinski definition) is 0. The van der Waals surface area contributed by atoms with Gasteiger partial charge in [0.15, 0.2) is 0 Å². The molecule has 100 valence electrons. The maximum atomic E-state index is 12.1. The summed E-state index contributed by atoms with van der Waals surface area (Å²) in [5.74, 6) is 1.15. The number of hydrogen-bond acceptors (Lipinski definition) is 1. The minimum Gasteiger partial charge on any atom is -0.339 e. The van der Waals surface area contributed by atoms with Crippen LogP contribution in [0, 0.1) is 5.92 Å². The third-order valence-corrected chi connectivity index (χ3v) is 4.11. The molecule has 0 aliphatic heterocycles. The molecule has 1 aliphatic carbocycles. The molecular weight excluding hydrogens is 278 g/mol. The van der Waals surface area contributed by atoms with Crippen molar-refractivity contribution in [3.63, 3.8) is 0 Å². The maximum absolute atomic E-state index is 12.1. The number of amides is 1. The number of rotatable bonds is 6. The molecule has 1 aliphatic rings. The van der Waals surface area contributed by atoms with E-state index in [1.165, 1.54) is 32.1 Å². The number of nitrogens with zero attached hydrogens (tertiary/aromatic N) is 1. The van der Waals surface area contributed by atoms with Crippen molar-refractivity contribution in [2.45, 2.75) is 64.8 Å². The normalized spacial score (nSPS) is 17.4. The smallest absolute Gasteiger partial charge is 0.222 e. The predicted molar refractivity (Wildman–Crippen MR) is 76.5 cm³/mol. The molecule has 0 bridgehead atoms. The molecule has 0 unspecified atom stereocenters. The van der Waals surface area contributed by atoms with E-state index in [2.05, 4.69) is 29.8 Å². The van der Waals surface area contributed by atoms with Gasteiger partial charge in [-0.2, -0.15) is 0 Å². The summed E-state index contributed by atoms with van der Waals surface area (Å²) in [6.45, 7) is 5.03. The van der Waals surface area contributed by atoms with Gasteiger partial charge in [-0.25, -0.2) is 0 Å². The van der Waals surface area contributed by atoms with Crippen LogP contribution >= 0.6 is 15.9 Å². The molecule has 0 N–H and O–H groups in total. The number of carbonyl (C=O) groups is 1. The Morgan fingerprint density at radius 1 is 1.29 bits per heavy atom. The highest BCUT2D eigenvalue weighted by Crippen LogP contribution is 2.27. The van der Waals surface area contributed by atoms with Gasteiger partial charge in [0.1, 0.15) is 0 Å². The second kappa shape index (κ2) is 8.12. The number of alkyl halides is 1. The van der Waals surface area contributed by atoms with Crippen LogP contribution in [0.15, 0.2) is 0 Å². The highest BCUT2D eigenvalue weighted by molar-refractivity contribution is 9.09. The van der Waals surface area contributed by atoms with Crippen LogP contribution in [-0.2, 0) is 4.79 Å². The van der Waals surface area contributed by atoms with Crippen LogP contribution in [0.4, 0.5) is 0 Å². The van der Waals surface area contributed by atoms with Crippen LogP contribution in [0.5, 0.6) is 0 Å². The zero-order valence-electron chi connectivity index (χ0n) is 11.3. The summed E-state index contributed by atoms with van der Waals surface area (Å²) in [7, 11) is 0. The summed E-state index contributed by atoms with van der Waals surface area (Å²) in [6.07, 6.45) is 8.66. The zero-order valence-corrected chi connectivity index (χ0v) is 12.8. The molecule has 0 atom stereocenters. The Labute approximate surface area is 114 Å². The van der Waals surface area contributed by atoms with E-state index in [9.17, 15) is 4.79 Å². The largest absolute Gasteiger partial charge is 0.339 e. The maximum Gasteiger partial charge on any atom is 0.222 e. The summed E-state index contributed by atoms with van der Waals surface area (Å²) >= 11 is 3.42. The number of carbonyl (C=O) groups excluding carboxylic acids is 1. The Hall–Kier alpha value is -0.0500. The zero-order chi connectivity index (χ0) is 12.7. The first-order valence-electron chi connectivity index (χ1n) is 7.00. The second-order valence-corrected chi connectivity index (χ2v) is 6.21. The molecule has 0 heterocycles. The molecule has 1 rings (SSSR count). The van der Waals surface area contributed by atoms with E-state index in [-0.39, 0.29) is 0 Å². The molecule has 17 heavy (non-hydrogen) atoms. The van der Waals surface area contributed by atoms with E-state index in [1.807, 2.05) is 4.90 Å². The van der Waals surface area contributed by atoms with Crippen molar-refractivity contribution in [2.24, 2.45) is 5.92 Å². The minimum atomic E-state index is 0.325. The first-order chi connectivity index (χ1) is 8.15. The topological polar surface area (TPSA) is 20.3 Å². The Balaban J connectivity index is 2.30. The Bertz CT molecular complexity index is 224. The first kappa shape index (κ1) is 15.0. The average molecular weight is 304 g/mol. The lowest BCUT2D eigenvalue weighted by Gasteiger charge is -2.27. The Morgan fingerprint density at radius 3 is 2.47 bits per heavy atom. The third-order valence-electron chi connectivity index (χ3n) is 3.76. The molecule has 3 heteroatoms. The second-order valence-electron chi connectivity index (χ2n) is 5.41. The lowest BCUT2D eigenvalue weighted by molar-refractivity contribution is -0.132. The van der Waals surface area contributed by atoms with Gasteiger partial charge in [-0.3, -0.25) is 4.79 Å². The van der Waals surface area contributed by atoms with Gasteiger partial charge in [0, 0.05) is 24.3 Å². The van der Waals surface area contributed by atoms with Gasteiger partial charge in [0.2, 0.25) is 5.91 Å². The van der Waals surface area contributed by atoms with E-state index in [1.54, 1.807) is 0 Å². The van der Waals surface area contributed by atoms with Crippen molar-refractivity contribution in [3.8, 4) is 0 Å². The highest BCUT2D eigenvalue weighted by Gasteiger charge is 2.19. The lowest BCUT2D eigenvalue weighted by Crippen LogP contribution is -2.38. The molecule has 1 amide bonds. The monoisotopic (exact) mass is 303 g/mol. The van der Waals surface area contributed by atoms with Gasteiger partial charge in [-0.1, -0.05) is 48.0 Å². The molecule has 0 aromatic rings. The van der Waals surface area contributed by atoms with Crippen LogP contribution in [0.2, 0.25) is 0 Å². The van der Waals surface area contributed by atoms with E-state index in [4.69, 9.17) is 0 Å². The minimum absolute atomic E-state index is 0.325. The molecule has 1 fully saturated rings. The summed E-state index contributed by atoms with van der Waals surface area (Å²) in [6, 6.07) is 0.325. The van der Waals surface area contributed by atoms with Crippen molar-refractivity contribution in [1.29, 1.82) is 0 Å². The van der Waals surface area contributed by atoms with Gasteiger partial charge in [-0.05, 0) is 26.2 Å². The fraction of sp³-hybridized carbons (Fsp3) is 0.929. The molecule has 0 radical (unpaired) electrons. The van der Waals surface area contributed by atoms with Crippen LogP contribution in [0.3, 0.4) is 0 Å². The molecule has 0 saturated heterocycles. The van der Waals surface area contributed by atoms with E-state index < -0.39 is 0 Å². The van der Waals surface area contributed by atoms with Crippen LogP contribution in [0.1, 0.15) is 58.8 Å². The fourth-order valence-electron chi connectivity index (χ4n) is 2.71. The van der Waals surface area contributed by atoms with E-state index in [0.29, 0.717) is 11.9 Å². The standard InChI is InChI=1S/C14H26BrNO/c1-12(2)16(11-10-15)14(17)9-8-13-6-4-3-5-7-13/h12-13H,3-11H2,1-2H3. The van der Waals surface area contributed by atoms with Crippen LogP contribution in [0.25, 0.3) is 0 Å². The van der Waals surface area contributed by atoms with Crippen molar-refractivity contribution >= 4 is 21.8 Å². The van der Waals surface area contributed by atoms with E-state index >= 15 is 0 Å². The van der Waals surface area contributed by atoms with Crippen LogP contribution in [-0.4, -0.2) is 28.7 Å².